The van der Waals surface area contributed by atoms with E-state index >= 15 is 0 Å². The van der Waals surface area contributed by atoms with E-state index in [0.29, 0.717) is 26.1 Å². The van der Waals surface area contributed by atoms with Gasteiger partial charge >= 0.3 is 6.61 Å². The number of alkyl halides is 2. The molecule has 1 aliphatic rings. The van der Waals surface area contributed by atoms with E-state index in [2.05, 4.69) is 10.1 Å². The van der Waals surface area contributed by atoms with Gasteiger partial charge in [0.2, 0.25) is 0 Å². The average molecular weight is 383 g/mol. The van der Waals surface area contributed by atoms with E-state index < -0.39 is 29.7 Å². The molecular weight excluding hydrogens is 366 g/mol. The Bertz CT molecular complexity index is 805. The molecule has 1 N–H and O–H groups in total. The van der Waals surface area contributed by atoms with Gasteiger partial charge in [0.1, 0.15) is 17.4 Å². The van der Waals surface area contributed by atoms with E-state index in [4.69, 9.17) is 4.74 Å². The highest BCUT2D eigenvalue weighted by Crippen LogP contribution is 2.34. The van der Waals surface area contributed by atoms with E-state index in [9.17, 15) is 22.4 Å². The first-order valence-corrected chi connectivity index (χ1v) is 8.30. The molecule has 8 heteroatoms. The van der Waals surface area contributed by atoms with Crippen LogP contribution < -0.4 is 10.1 Å². The Balaban J connectivity index is 1.85. The van der Waals surface area contributed by atoms with Crippen LogP contribution in [0.25, 0.3) is 0 Å². The van der Waals surface area contributed by atoms with Gasteiger partial charge in [-0.05, 0) is 43.2 Å². The van der Waals surface area contributed by atoms with Crippen molar-refractivity contribution in [2.75, 3.05) is 13.2 Å². The second-order valence-corrected chi connectivity index (χ2v) is 6.18. The number of benzene rings is 2. The number of ether oxygens (including phenoxy) is 2. The highest BCUT2D eigenvalue weighted by molar-refractivity contribution is 5.95. The molecule has 2 aromatic rings. The summed E-state index contributed by atoms with van der Waals surface area (Å²) in [4.78, 5) is 12.7. The highest BCUT2D eigenvalue weighted by atomic mass is 19.3. The van der Waals surface area contributed by atoms with Crippen LogP contribution in [0.2, 0.25) is 0 Å². The number of carbonyl (C=O) groups is 1. The summed E-state index contributed by atoms with van der Waals surface area (Å²) in [7, 11) is 0. The second-order valence-electron chi connectivity index (χ2n) is 6.18. The van der Waals surface area contributed by atoms with Crippen molar-refractivity contribution in [2.45, 2.75) is 25.0 Å². The quantitative estimate of drug-likeness (QED) is 0.794. The molecular formula is C19H17F4NO3. The molecule has 2 aromatic carbocycles. The Morgan fingerprint density at radius 2 is 1.74 bits per heavy atom. The highest BCUT2D eigenvalue weighted by Gasteiger charge is 2.38. The third-order valence-corrected chi connectivity index (χ3v) is 4.49. The van der Waals surface area contributed by atoms with Gasteiger partial charge in [-0.25, -0.2) is 8.78 Å². The van der Waals surface area contributed by atoms with Gasteiger partial charge in [0.15, 0.2) is 0 Å². The first-order chi connectivity index (χ1) is 12.9. The van der Waals surface area contributed by atoms with Crippen molar-refractivity contribution in [2.24, 2.45) is 0 Å². The molecule has 144 valence electrons. The molecule has 0 spiro atoms. The molecule has 1 heterocycles. The van der Waals surface area contributed by atoms with Crippen LogP contribution in [0.4, 0.5) is 17.6 Å². The molecule has 0 aliphatic carbocycles. The molecule has 0 unspecified atom stereocenters. The maximum atomic E-state index is 14.4. The van der Waals surface area contributed by atoms with E-state index in [1.165, 1.54) is 30.3 Å². The third kappa shape index (κ3) is 4.39. The minimum atomic E-state index is -2.96. The molecule has 1 amide bonds. The SMILES string of the molecule is O=C(NC1(c2ccc(F)cc2F)CCOCC1)c1ccc(OC(F)F)cc1. The lowest BCUT2D eigenvalue weighted by Gasteiger charge is -2.38. The molecule has 27 heavy (non-hydrogen) atoms. The van der Waals surface area contributed by atoms with Gasteiger partial charge in [-0.2, -0.15) is 8.78 Å². The molecule has 0 aromatic heterocycles. The number of hydrogen-bond donors (Lipinski definition) is 1. The number of nitrogens with one attached hydrogen (secondary N) is 1. The molecule has 0 bridgehead atoms. The van der Waals surface area contributed by atoms with Gasteiger partial charge in [0.25, 0.3) is 5.91 Å². The summed E-state index contributed by atoms with van der Waals surface area (Å²) in [5.74, 6) is -2.05. The van der Waals surface area contributed by atoms with Crippen LogP contribution >= 0.6 is 0 Å². The average Bonchev–Trinajstić information content (AvgIpc) is 2.62. The molecule has 0 saturated carbocycles. The first kappa shape index (κ1) is 19.2. The van der Waals surface area contributed by atoms with Gasteiger partial charge < -0.3 is 14.8 Å². The number of hydrogen-bond acceptors (Lipinski definition) is 3. The van der Waals surface area contributed by atoms with Crippen LogP contribution in [-0.2, 0) is 10.3 Å². The summed E-state index contributed by atoms with van der Waals surface area (Å²) in [6, 6.07) is 8.39. The van der Waals surface area contributed by atoms with E-state index in [-0.39, 0.29) is 16.9 Å². The normalized spacial score (nSPS) is 16.2. The maximum Gasteiger partial charge on any atom is 0.387 e. The van der Waals surface area contributed by atoms with Crippen molar-refractivity contribution in [3.63, 3.8) is 0 Å². The zero-order valence-corrected chi connectivity index (χ0v) is 14.2. The Morgan fingerprint density at radius 3 is 2.33 bits per heavy atom. The maximum absolute atomic E-state index is 14.4. The van der Waals surface area contributed by atoms with Crippen LogP contribution in [0.15, 0.2) is 42.5 Å². The summed E-state index contributed by atoms with van der Waals surface area (Å²) < 4.78 is 61.7. The van der Waals surface area contributed by atoms with Crippen LogP contribution in [0, 0.1) is 11.6 Å². The predicted octanol–water partition coefficient (Wildman–Crippen LogP) is 4.00. The van der Waals surface area contributed by atoms with Gasteiger partial charge in [-0.1, -0.05) is 6.07 Å². The van der Waals surface area contributed by atoms with Crippen LogP contribution in [0.3, 0.4) is 0 Å². The van der Waals surface area contributed by atoms with Crippen LogP contribution in [0.5, 0.6) is 5.75 Å². The first-order valence-electron chi connectivity index (χ1n) is 8.30. The van der Waals surface area contributed by atoms with Gasteiger partial charge in [-0.15, -0.1) is 0 Å². The number of halogens is 4. The molecule has 1 saturated heterocycles. The van der Waals surface area contributed by atoms with Gasteiger partial charge in [0, 0.05) is 30.4 Å². The van der Waals surface area contributed by atoms with Crippen molar-refractivity contribution < 1.29 is 31.8 Å². The Morgan fingerprint density at radius 1 is 1.07 bits per heavy atom. The van der Waals surface area contributed by atoms with Crippen molar-refractivity contribution in [3.05, 3.63) is 65.2 Å². The number of carbonyl (C=O) groups excluding carboxylic acids is 1. The smallest absolute Gasteiger partial charge is 0.387 e. The summed E-state index contributed by atoms with van der Waals surface area (Å²) in [5.41, 5.74) is -0.672. The lowest BCUT2D eigenvalue weighted by molar-refractivity contribution is -0.0498. The second kappa shape index (κ2) is 7.96. The zero-order valence-electron chi connectivity index (χ0n) is 14.2. The van der Waals surface area contributed by atoms with Crippen molar-refractivity contribution in [1.29, 1.82) is 0 Å². The summed E-state index contributed by atoms with van der Waals surface area (Å²) in [6.45, 7) is -2.35. The monoisotopic (exact) mass is 383 g/mol. The summed E-state index contributed by atoms with van der Waals surface area (Å²) in [5, 5.41) is 2.82. The zero-order chi connectivity index (χ0) is 19.4. The van der Waals surface area contributed by atoms with Crippen LogP contribution in [-0.4, -0.2) is 25.7 Å². The van der Waals surface area contributed by atoms with Gasteiger partial charge in [0.05, 0.1) is 5.54 Å². The van der Waals surface area contributed by atoms with Gasteiger partial charge in [-0.3, -0.25) is 4.79 Å². The van der Waals surface area contributed by atoms with E-state index in [1.807, 2.05) is 0 Å². The topological polar surface area (TPSA) is 47.6 Å². The largest absolute Gasteiger partial charge is 0.435 e. The summed E-state index contributed by atoms with van der Waals surface area (Å²) >= 11 is 0. The minimum absolute atomic E-state index is 0.0769. The van der Waals surface area contributed by atoms with Crippen molar-refractivity contribution >= 4 is 5.91 Å². The Hall–Kier alpha value is -2.61. The Labute approximate surface area is 153 Å². The van der Waals surface area contributed by atoms with Crippen molar-refractivity contribution in [3.8, 4) is 5.75 Å². The molecule has 3 rings (SSSR count). The van der Waals surface area contributed by atoms with E-state index in [1.54, 1.807) is 0 Å². The lowest BCUT2D eigenvalue weighted by atomic mass is 9.82. The molecule has 0 atom stereocenters. The third-order valence-electron chi connectivity index (χ3n) is 4.49. The standard InChI is InChI=1S/C19H17F4NO3/c20-13-3-6-15(16(21)11-13)19(7-9-26-10-8-19)24-17(25)12-1-4-14(5-2-12)27-18(22)23/h1-6,11,18H,7-10H2,(H,24,25). The predicted molar refractivity (Wildman–Crippen MR) is 88.6 cm³/mol. The van der Waals surface area contributed by atoms with E-state index in [0.717, 1.165) is 12.1 Å². The molecule has 1 fully saturated rings. The number of amides is 1. The fourth-order valence-electron chi connectivity index (χ4n) is 3.14. The molecule has 0 radical (unpaired) electrons. The number of rotatable bonds is 5. The van der Waals surface area contributed by atoms with Crippen molar-refractivity contribution in [1.82, 2.24) is 5.32 Å². The minimum Gasteiger partial charge on any atom is -0.435 e. The summed E-state index contributed by atoms with van der Waals surface area (Å²) in [6.07, 6.45) is 0.627. The van der Waals surface area contributed by atoms with Crippen LogP contribution in [0.1, 0.15) is 28.8 Å². The molecule has 1 aliphatic heterocycles. The molecule has 4 nitrogen and oxygen atoms in total. The fraction of sp³-hybridized carbons (Fsp3) is 0.316. The fourth-order valence-corrected chi connectivity index (χ4v) is 3.14. The lowest BCUT2D eigenvalue weighted by Crippen LogP contribution is -2.50. The Kier molecular flexibility index (Phi) is 5.65.